The van der Waals surface area contributed by atoms with Gasteiger partial charge in [0.25, 0.3) is 11.6 Å². The lowest BCUT2D eigenvalue weighted by atomic mass is 10.0. The van der Waals surface area contributed by atoms with E-state index in [2.05, 4.69) is 5.32 Å². The number of carbonyl (C=O) groups is 1. The number of nitrogens with one attached hydrogen (secondary N) is 1. The molecule has 0 spiro atoms. The quantitative estimate of drug-likeness (QED) is 0.416. The van der Waals surface area contributed by atoms with Crippen molar-refractivity contribution in [2.45, 2.75) is 19.9 Å². The molecule has 1 aromatic rings. The summed E-state index contributed by atoms with van der Waals surface area (Å²) in [6.07, 6.45) is 0. The van der Waals surface area contributed by atoms with Gasteiger partial charge in [0.15, 0.2) is 0 Å². The molecule has 4 N–H and O–H groups in total. The fraction of sp³-hybridized carbons (Fsp3) is 0.417. The van der Waals surface area contributed by atoms with Gasteiger partial charge in [-0.05, 0) is 25.0 Å². The second kappa shape index (κ2) is 6.14. The van der Waals surface area contributed by atoms with Crippen molar-refractivity contribution in [3.63, 3.8) is 0 Å². The van der Waals surface area contributed by atoms with Crippen molar-refractivity contribution in [1.82, 2.24) is 5.32 Å². The molecule has 0 heterocycles. The zero-order valence-corrected chi connectivity index (χ0v) is 10.8. The summed E-state index contributed by atoms with van der Waals surface area (Å²) in [6.45, 7) is 3.49. The van der Waals surface area contributed by atoms with Crippen LogP contribution >= 0.6 is 0 Å². The summed E-state index contributed by atoms with van der Waals surface area (Å²) in [5.74, 6) is -0.538. The van der Waals surface area contributed by atoms with E-state index in [1.807, 2.05) is 0 Å². The van der Waals surface area contributed by atoms with Crippen molar-refractivity contribution in [2.24, 2.45) is 5.92 Å². The number of aliphatic hydroxyl groups excluding tert-OH is 1. The summed E-state index contributed by atoms with van der Waals surface area (Å²) in [6, 6.07) is 3.65. The van der Waals surface area contributed by atoms with Crippen molar-refractivity contribution in [1.29, 1.82) is 0 Å². The number of nitrogen functional groups attached to an aromatic ring is 1. The van der Waals surface area contributed by atoms with Crippen molar-refractivity contribution >= 4 is 17.3 Å². The Bertz CT molecular complexity index is 490. The van der Waals surface area contributed by atoms with Gasteiger partial charge in [0.2, 0.25) is 0 Å². The molecule has 1 amide bonds. The third kappa shape index (κ3) is 3.65. The van der Waals surface area contributed by atoms with Crippen molar-refractivity contribution < 1.29 is 14.8 Å². The van der Waals surface area contributed by atoms with Crippen LogP contribution in [0.2, 0.25) is 0 Å². The lowest BCUT2D eigenvalue weighted by Crippen LogP contribution is -2.38. The summed E-state index contributed by atoms with van der Waals surface area (Å²) >= 11 is 0. The molecule has 0 aliphatic carbocycles. The highest BCUT2D eigenvalue weighted by atomic mass is 16.6. The molecule has 7 heteroatoms. The molecule has 1 rings (SSSR count). The van der Waals surface area contributed by atoms with E-state index in [0.717, 1.165) is 6.07 Å². The number of hydrogen-bond donors (Lipinski definition) is 3. The van der Waals surface area contributed by atoms with E-state index in [1.54, 1.807) is 13.8 Å². The van der Waals surface area contributed by atoms with E-state index < -0.39 is 10.8 Å². The van der Waals surface area contributed by atoms with Crippen molar-refractivity contribution in [3.05, 3.63) is 33.9 Å². The van der Waals surface area contributed by atoms with Crippen LogP contribution < -0.4 is 11.1 Å². The largest absolute Gasteiger partial charge is 0.396 e. The summed E-state index contributed by atoms with van der Waals surface area (Å²) in [5, 5.41) is 22.4. The van der Waals surface area contributed by atoms with E-state index in [4.69, 9.17) is 10.8 Å². The summed E-state index contributed by atoms with van der Waals surface area (Å²) in [7, 11) is 0. The van der Waals surface area contributed by atoms with Gasteiger partial charge in [-0.1, -0.05) is 6.92 Å². The molecule has 0 radical (unpaired) electrons. The fourth-order valence-electron chi connectivity index (χ4n) is 1.43. The predicted molar refractivity (Wildman–Crippen MR) is 70.7 cm³/mol. The standard InChI is InChI=1S/C12H17N3O4/c1-7(6-16)8(2)14-12(17)9-3-4-10(13)11(5-9)15(18)19/h3-5,7-8,16H,6,13H2,1-2H3,(H,14,17). The number of amides is 1. The number of benzene rings is 1. The third-order valence-corrected chi connectivity index (χ3v) is 2.99. The maximum absolute atomic E-state index is 11.9. The van der Waals surface area contributed by atoms with E-state index in [-0.39, 0.29) is 35.5 Å². The van der Waals surface area contributed by atoms with Gasteiger partial charge in [-0.3, -0.25) is 14.9 Å². The third-order valence-electron chi connectivity index (χ3n) is 2.99. The molecule has 2 unspecified atom stereocenters. The fourth-order valence-corrected chi connectivity index (χ4v) is 1.43. The van der Waals surface area contributed by atoms with Crippen LogP contribution in [0.15, 0.2) is 18.2 Å². The molecule has 0 saturated heterocycles. The van der Waals surface area contributed by atoms with Crippen molar-refractivity contribution in [3.8, 4) is 0 Å². The van der Waals surface area contributed by atoms with Crippen LogP contribution in [0.25, 0.3) is 0 Å². The monoisotopic (exact) mass is 267 g/mol. The molecule has 0 aliphatic rings. The first kappa shape index (κ1) is 14.9. The SMILES string of the molecule is CC(CO)C(C)NC(=O)c1ccc(N)c([N+](=O)[O-])c1. The van der Waals surface area contributed by atoms with E-state index in [9.17, 15) is 14.9 Å². The minimum atomic E-state index is -0.633. The molecule has 1 aromatic carbocycles. The van der Waals surface area contributed by atoms with Crippen LogP contribution in [0.3, 0.4) is 0 Å². The maximum Gasteiger partial charge on any atom is 0.292 e. The van der Waals surface area contributed by atoms with Gasteiger partial charge in [-0.25, -0.2) is 0 Å². The van der Waals surface area contributed by atoms with Crippen LogP contribution in [-0.2, 0) is 0 Å². The molecule has 0 aliphatic heterocycles. The Kier molecular flexibility index (Phi) is 4.82. The van der Waals surface area contributed by atoms with Crippen LogP contribution in [0.5, 0.6) is 0 Å². The highest BCUT2D eigenvalue weighted by Gasteiger charge is 2.18. The number of nitrogens with zero attached hydrogens (tertiary/aromatic N) is 1. The molecule has 0 saturated carbocycles. The molecule has 2 atom stereocenters. The average Bonchev–Trinajstić information content (AvgIpc) is 2.37. The highest BCUT2D eigenvalue weighted by Crippen LogP contribution is 2.22. The molecular formula is C12H17N3O4. The Labute approximate surface area is 110 Å². The molecular weight excluding hydrogens is 250 g/mol. The zero-order chi connectivity index (χ0) is 14.6. The van der Waals surface area contributed by atoms with Gasteiger partial charge in [-0.2, -0.15) is 0 Å². The molecule has 19 heavy (non-hydrogen) atoms. The van der Waals surface area contributed by atoms with Gasteiger partial charge >= 0.3 is 0 Å². The van der Waals surface area contributed by atoms with Crippen molar-refractivity contribution in [2.75, 3.05) is 12.3 Å². The first-order valence-corrected chi connectivity index (χ1v) is 5.82. The minimum Gasteiger partial charge on any atom is -0.396 e. The number of aliphatic hydroxyl groups is 1. The number of nitro groups is 1. The van der Waals surface area contributed by atoms with E-state index in [0.29, 0.717) is 0 Å². The molecule has 0 bridgehead atoms. The van der Waals surface area contributed by atoms with Gasteiger partial charge in [-0.15, -0.1) is 0 Å². The maximum atomic E-state index is 11.9. The second-order valence-corrected chi connectivity index (χ2v) is 4.45. The molecule has 104 valence electrons. The van der Waals surface area contributed by atoms with Crippen LogP contribution in [0.1, 0.15) is 24.2 Å². The number of anilines is 1. The number of nitro benzene ring substituents is 1. The Balaban J connectivity index is 2.89. The summed E-state index contributed by atoms with van der Waals surface area (Å²) in [4.78, 5) is 22.0. The predicted octanol–water partition coefficient (Wildman–Crippen LogP) is 0.924. The summed E-state index contributed by atoms with van der Waals surface area (Å²) in [5.41, 5.74) is 5.34. The normalized spacial score (nSPS) is 13.6. The van der Waals surface area contributed by atoms with Crippen LogP contribution in [0, 0.1) is 16.0 Å². The lowest BCUT2D eigenvalue weighted by molar-refractivity contribution is -0.383. The summed E-state index contributed by atoms with van der Waals surface area (Å²) < 4.78 is 0. The van der Waals surface area contributed by atoms with Crippen LogP contribution in [-0.4, -0.2) is 28.6 Å². The Morgan fingerprint density at radius 3 is 2.68 bits per heavy atom. The first-order valence-electron chi connectivity index (χ1n) is 5.82. The number of rotatable bonds is 5. The lowest BCUT2D eigenvalue weighted by Gasteiger charge is -2.19. The van der Waals surface area contributed by atoms with E-state index in [1.165, 1.54) is 12.1 Å². The smallest absolute Gasteiger partial charge is 0.292 e. The van der Waals surface area contributed by atoms with Gasteiger partial charge in [0.1, 0.15) is 5.69 Å². The topological polar surface area (TPSA) is 118 Å². The average molecular weight is 267 g/mol. The highest BCUT2D eigenvalue weighted by molar-refractivity contribution is 5.95. The number of nitrogens with two attached hydrogens (primary N) is 1. The zero-order valence-electron chi connectivity index (χ0n) is 10.8. The second-order valence-electron chi connectivity index (χ2n) is 4.45. The van der Waals surface area contributed by atoms with E-state index >= 15 is 0 Å². The number of carbonyl (C=O) groups excluding carboxylic acids is 1. The minimum absolute atomic E-state index is 0.0123. The van der Waals surface area contributed by atoms with Gasteiger partial charge in [0, 0.05) is 24.3 Å². The Morgan fingerprint density at radius 2 is 2.16 bits per heavy atom. The number of hydrogen-bond acceptors (Lipinski definition) is 5. The molecule has 0 aromatic heterocycles. The van der Waals surface area contributed by atoms with Gasteiger partial charge < -0.3 is 16.2 Å². The molecule has 0 fully saturated rings. The Hall–Kier alpha value is -2.15. The van der Waals surface area contributed by atoms with Crippen LogP contribution in [0.4, 0.5) is 11.4 Å². The first-order chi connectivity index (χ1) is 8.86. The van der Waals surface area contributed by atoms with Gasteiger partial charge in [0.05, 0.1) is 4.92 Å². The molecule has 7 nitrogen and oxygen atoms in total. The Morgan fingerprint density at radius 1 is 1.53 bits per heavy atom.